The van der Waals surface area contributed by atoms with Crippen LogP contribution < -0.4 is 4.72 Å². The predicted octanol–water partition coefficient (Wildman–Crippen LogP) is 0.285. The van der Waals surface area contributed by atoms with Gasteiger partial charge >= 0.3 is 0 Å². The van der Waals surface area contributed by atoms with Gasteiger partial charge in [0.2, 0.25) is 15.8 Å². The zero-order valence-corrected chi connectivity index (χ0v) is 15.4. The zero-order valence-electron chi connectivity index (χ0n) is 14.6. The number of nitrogens with zero attached hydrogens (tertiary/aromatic N) is 5. The molecule has 1 N–H and O–H groups in total. The lowest BCUT2D eigenvalue weighted by Gasteiger charge is -2.35. The predicted molar refractivity (Wildman–Crippen MR) is 91.8 cm³/mol. The molecule has 9 nitrogen and oxygen atoms in total. The first kappa shape index (κ1) is 17.7. The molecule has 0 saturated carbocycles. The molecule has 1 amide bonds. The van der Waals surface area contributed by atoms with E-state index < -0.39 is 10.0 Å². The zero-order chi connectivity index (χ0) is 18.2. The van der Waals surface area contributed by atoms with Crippen LogP contribution in [-0.4, -0.2) is 64.2 Å². The Labute approximate surface area is 146 Å². The van der Waals surface area contributed by atoms with Crippen LogP contribution in [0.1, 0.15) is 41.3 Å². The molecule has 1 fully saturated rings. The third-order valence-electron chi connectivity index (χ3n) is 4.28. The molecule has 3 rings (SSSR count). The fourth-order valence-electron chi connectivity index (χ4n) is 3.11. The van der Waals surface area contributed by atoms with Gasteiger partial charge in [-0.2, -0.15) is 4.98 Å². The first-order valence-electron chi connectivity index (χ1n) is 8.21. The smallest absolute Gasteiger partial charge is 0.293 e. The number of carbonyl (C=O) groups is 1. The molecule has 3 heterocycles. The Morgan fingerprint density at radius 2 is 2.08 bits per heavy atom. The van der Waals surface area contributed by atoms with E-state index in [9.17, 15) is 13.2 Å². The fourth-order valence-corrected chi connectivity index (χ4v) is 3.61. The number of piperidine rings is 1. The quantitative estimate of drug-likeness (QED) is 0.833. The SMILES string of the molecule is Cc1cc(C)n2nc(C(=O)N3CCCCC3CNS(C)(=O)=O)nc2n1. The first-order valence-corrected chi connectivity index (χ1v) is 10.1. The largest absolute Gasteiger partial charge is 0.332 e. The van der Waals surface area contributed by atoms with Crippen molar-refractivity contribution < 1.29 is 13.2 Å². The van der Waals surface area contributed by atoms with E-state index in [1.807, 2.05) is 19.9 Å². The van der Waals surface area contributed by atoms with E-state index in [1.54, 1.807) is 9.42 Å². The van der Waals surface area contributed by atoms with Crippen molar-refractivity contribution in [1.29, 1.82) is 0 Å². The summed E-state index contributed by atoms with van der Waals surface area (Å²) in [4.78, 5) is 23.1. The van der Waals surface area contributed by atoms with Crippen molar-refractivity contribution in [2.45, 2.75) is 39.2 Å². The van der Waals surface area contributed by atoms with E-state index >= 15 is 0 Å². The normalized spacial score (nSPS) is 18.7. The standard InChI is InChI=1S/C15H22N6O3S/c1-10-8-11(2)21-15(17-10)18-13(19-21)14(22)20-7-5-4-6-12(20)9-16-25(3,23)24/h8,12,16H,4-7,9H2,1-3H3. The number of rotatable bonds is 4. The molecule has 0 bridgehead atoms. The van der Waals surface area contributed by atoms with Gasteiger partial charge in [-0.25, -0.2) is 22.6 Å². The lowest BCUT2D eigenvalue weighted by molar-refractivity contribution is 0.0606. The van der Waals surface area contributed by atoms with Gasteiger partial charge in [0.1, 0.15) is 0 Å². The summed E-state index contributed by atoms with van der Waals surface area (Å²) < 4.78 is 26.8. The summed E-state index contributed by atoms with van der Waals surface area (Å²) >= 11 is 0. The van der Waals surface area contributed by atoms with Gasteiger partial charge in [0.25, 0.3) is 11.7 Å². The van der Waals surface area contributed by atoms with Crippen molar-refractivity contribution in [3.05, 3.63) is 23.3 Å². The summed E-state index contributed by atoms with van der Waals surface area (Å²) in [6, 6.07) is 1.67. The van der Waals surface area contributed by atoms with Crippen LogP contribution >= 0.6 is 0 Å². The Hall–Kier alpha value is -2.07. The number of aryl methyl sites for hydroxylation is 2. The Morgan fingerprint density at radius 1 is 1.32 bits per heavy atom. The maximum Gasteiger partial charge on any atom is 0.293 e. The van der Waals surface area contributed by atoms with Gasteiger partial charge in [0.05, 0.1) is 6.26 Å². The Balaban J connectivity index is 1.86. The van der Waals surface area contributed by atoms with Crippen LogP contribution in [0.4, 0.5) is 0 Å². The molecule has 0 aromatic carbocycles. The molecule has 136 valence electrons. The molecule has 0 aliphatic carbocycles. The number of aromatic nitrogens is 4. The van der Waals surface area contributed by atoms with Gasteiger partial charge < -0.3 is 4.90 Å². The van der Waals surface area contributed by atoms with Crippen molar-refractivity contribution in [3.8, 4) is 0 Å². The second-order valence-corrected chi connectivity index (χ2v) is 8.29. The van der Waals surface area contributed by atoms with Crippen LogP contribution in [0.2, 0.25) is 0 Å². The molecule has 0 spiro atoms. The van der Waals surface area contributed by atoms with E-state index in [0.29, 0.717) is 12.3 Å². The van der Waals surface area contributed by atoms with Crippen LogP contribution in [0.15, 0.2) is 6.07 Å². The summed E-state index contributed by atoms with van der Waals surface area (Å²) in [7, 11) is -3.30. The number of hydrogen-bond donors (Lipinski definition) is 1. The number of sulfonamides is 1. The highest BCUT2D eigenvalue weighted by molar-refractivity contribution is 7.88. The molecular formula is C15H22N6O3S. The molecule has 1 aliphatic heterocycles. The van der Waals surface area contributed by atoms with Crippen LogP contribution in [-0.2, 0) is 10.0 Å². The summed E-state index contributed by atoms with van der Waals surface area (Å²) in [5.41, 5.74) is 1.66. The van der Waals surface area contributed by atoms with Crippen molar-refractivity contribution >= 4 is 21.7 Å². The number of nitrogens with one attached hydrogen (secondary N) is 1. The molecule has 25 heavy (non-hydrogen) atoms. The maximum atomic E-state index is 12.9. The molecule has 0 radical (unpaired) electrons. The number of hydrogen-bond acceptors (Lipinski definition) is 6. The van der Waals surface area contributed by atoms with E-state index in [-0.39, 0.29) is 24.3 Å². The van der Waals surface area contributed by atoms with Crippen LogP contribution in [0.5, 0.6) is 0 Å². The topological polar surface area (TPSA) is 110 Å². The summed E-state index contributed by atoms with van der Waals surface area (Å²) in [6.07, 6.45) is 3.70. The summed E-state index contributed by atoms with van der Waals surface area (Å²) in [5.74, 6) is 0.193. The highest BCUT2D eigenvalue weighted by Crippen LogP contribution is 2.19. The van der Waals surface area contributed by atoms with Crippen LogP contribution in [0.25, 0.3) is 5.78 Å². The number of amides is 1. The van der Waals surface area contributed by atoms with Crippen molar-refractivity contribution in [3.63, 3.8) is 0 Å². The lowest BCUT2D eigenvalue weighted by atomic mass is 10.0. The molecule has 1 aliphatic rings. The molecular weight excluding hydrogens is 344 g/mol. The summed E-state index contributed by atoms with van der Waals surface area (Å²) in [6.45, 7) is 4.51. The molecule has 2 aromatic heterocycles. The minimum absolute atomic E-state index is 0.0902. The van der Waals surface area contributed by atoms with Gasteiger partial charge in [-0.05, 0) is 39.2 Å². The van der Waals surface area contributed by atoms with Crippen LogP contribution in [0.3, 0.4) is 0 Å². The highest BCUT2D eigenvalue weighted by Gasteiger charge is 2.30. The van der Waals surface area contributed by atoms with Gasteiger partial charge in [0, 0.05) is 30.5 Å². The minimum Gasteiger partial charge on any atom is -0.332 e. The van der Waals surface area contributed by atoms with Crippen molar-refractivity contribution in [2.75, 3.05) is 19.3 Å². The third-order valence-corrected chi connectivity index (χ3v) is 4.97. The molecule has 1 atom stereocenters. The van der Waals surface area contributed by atoms with E-state index in [4.69, 9.17) is 0 Å². The molecule has 2 aromatic rings. The highest BCUT2D eigenvalue weighted by atomic mass is 32.2. The second kappa shape index (κ2) is 6.68. The summed E-state index contributed by atoms with van der Waals surface area (Å²) in [5, 5.41) is 4.29. The van der Waals surface area contributed by atoms with Gasteiger partial charge in [-0.15, -0.1) is 5.10 Å². The Morgan fingerprint density at radius 3 is 2.80 bits per heavy atom. The first-order chi connectivity index (χ1) is 11.7. The molecule has 1 saturated heterocycles. The van der Waals surface area contributed by atoms with Gasteiger partial charge in [-0.3, -0.25) is 4.79 Å². The van der Waals surface area contributed by atoms with Crippen molar-refractivity contribution in [2.24, 2.45) is 0 Å². The van der Waals surface area contributed by atoms with E-state index in [1.165, 1.54) is 0 Å². The lowest BCUT2D eigenvalue weighted by Crippen LogP contribution is -2.49. The van der Waals surface area contributed by atoms with E-state index in [2.05, 4.69) is 19.8 Å². The van der Waals surface area contributed by atoms with Gasteiger partial charge in [-0.1, -0.05) is 0 Å². The molecule has 1 unspecified atom stereocenters. The number of fused-ring (bicyclic) bond motifs is 1. The van der Waals surface area contributed by atoms with Gasteiger partial charge in [0.15, 0.2) is 0 Å². The van der Waals surface area contributed by atoms with E-state index in [0.717, 1.165) is 36.9 Å². The monoisotopic (exact) mass is 366 g/mol. The molecule has 10 heteroatoms. The maximum absolute atomic E-state index is 12.9. The number of carbonyl (C=O) groups excluding carboxylic acids is 1. The van der Waals surface area contributed by atoms with Crippen LogP contribution in [0, 0.1) is 13.8 Å². The average molecular weight is 366 g/mol. The number of likely N-dealkylation sites (tertiary alicyclic amines) is 1. The van der Waals surface area contributed by atoms with Crippen molar-refractivity contribution in [1.82, 2.24) is 29.2 Å². The second-order valence-electron chi connectivity index (χ2n) is 6.45. The fraction of sp³-hybridized carbons (Fsp3) is 0.600. The Kier molecular flexibility index (Phi) is 4.74. The average Bonchev–Trinajstić information content (AvgIpc) is 2.96. The minimum atomic E-state index is -3.30. The third kappa shape index (κ3) is 3.96. The Bertz CT molecular complexity index is 907.